The molecule has 134 valence electrons. The Labute approximate surface area is 148 Å². The van der Waals surface area contributed by atoms with Crippen molar-refractivity contribution < 1.29 is 17.9 Å². The standard InChI is InChI=1S/C15H21N3O4S.ClH/c1-11-3-4-12(17-15(19)14-10-16-5-7-22-14)9-13(11)18-6-2-8-23(18,20)21;/h3-4,9,14,16H,2,5-8,10H2,1H3,(H,17,19);1H. The first-order valence-corrected chi connectivity index (χ1v) is 9.32. The maximum Gasteiger partial charge on any atom is 0.254 e. The lowest BCUT2D eigenvalue weighted by atomic mass is 10.1. The summed E-state index contributed by atoms with van der Waals surface area (Å²) in [5.41, 5.74) is 2.07. The number of carbonyl (C=O) groups is 1. The molecule has 0 radical (unpaired) electrons. The van der Waals surface area contributed by atoms with E-state index in [0.717, 1.165) is 12.1 Å². The molecule has 7 nitrogen and oxygen atoms in total. The van der Waals surface area contributed by atoms with Crippen molar-refractivity contribution in [2.75, 3.05) is 41.6 Å². The fraction of sp³-hybridized carbons (Fsp3) is 0.533. The number of halogens is 1. The first kappa shape index (κ1) is 19.0. The minimum Gasteiger partial charge on any atom is -0.366 e. The molecule has 2 fully saturated rings. The predicted molar refractivity (Wildman–Crippen MR) is 95.4 cm³/mol. The molecule has 24 heavy (non-hydrogen) atoms. The molecule has 1 aromatic rings. The highest BCUT2D eigenvalue weighted by Gasteiger charge is 2.30. The summed E-state index contributed by atoms with van der Waals surface area (Å²) < 4.78 is 31.1. The van der Waals surface area contributed by atoms with Gasteiger partial charge in [0.05, 0.1) is 18.0 Å². The Bertz CT molecular complexity index is 705. The van der Waals surface area contributed by atoms with Crippen LogP contribution in [0.3, 0.4) is 0 Å². The minimum absolute atomic E-state index is 0. The van der Waals surface area contributed by atoms with E-state index in [2.05, 4.69) is 10.6 Å². The van der Waals surface area contributed by atoms with Gasteiger partial charge in [-0.3, -0.25) is 9.10 Å². The van der Waals surface area contributed by atoms with Crippen LogP contribution in [0.4, 0.5) is 11.4 Å². The lowest BCUT2D eigenvalue weighted by molar-refractivity contribution is -0.128. The second kappa shape index (κ2) is 7.69. The number of nitrogens with one attached hydrogen (secondary N) is 2. The molecule has 1 unspecified atom stereocenters. The summed E-state index contributed by atoms with van der Waals surface area (Å²) in [5, 5.41) is 5.91. The van der Waals surface area contributed by atoms with Crippen molar-refractivity contribution in [3.8, 4) is 0 Å². The van der Waals surface area contributed by atoms with Crippen LogP contribution >= 0.6 is 12.4 Å². The molecule has 0 spiro atoms. The van der Waals surface area contributed by atoms with E-state index in [9.17, 15) is 13.2 Å². The van der Waals surface area contributed by atoms with Gasteiger partial charge < -0.3 is 15.4 Å². The molecule has 0 bridgehead atoms. The number of aryl methyl sites for hydroxylation is 1. The van der Waals surface area contributed by atoms with E-state index in [1.165, 1.54) is 4.31 Å². The number of nitrogens with zero attached hydrogens (tertiary/aromatic N) is 1. The number of benzene rings is 1. The van der Waals surface area contributed by atoms with Crippen LogP contribution in [0.2, 0.25) is 0 Å². The van der Waals surface area contributed by atoms with Gasteiger partial charge >= 0.3 is 0 Å². The third-order valence-corrected chi connectivity index (χ3v) is 5.92. The number of anilines is 2. The Morgan fingerprint density at radius 1 is 1.42 bits per heavy atom. The average Bonchev–Trinajstić information content (AvgIpc) is 2.89. The highest BCUT2D eigenvalue weighted by atomic mass is 35.5. The lowest BCUT2D eigenvalue weighted by Gasteiger charge is -2.24. The Morgan fingerprint density at radius 3 is 2.83 bits per heavy atom. The molecule has 2 saturated heterocycles. The molecule has 0 aliphatic carbocycles. The maximum absolute atomic E-state index is 12.2. The van der Waals surface area contributed by atoms with Gasteiger partial charge in [-0.1, -0.05) is 6.07 Å². The van der Waals surface area contributed by atoms with Crippen LogP contribution in [0.25, 0.3) is 0 Å². The second-order valence-electron chi connectivity index (χ2n) is 5.80. The molecule has 3 rings (SSSR count). The number of hydrogen-bond acceptors (Lipinski definition) is 5. The molecule has 2 aliphatic rings. The predicted octanol–water partition coefficient (Wildman–Crippen LogP) is 0.884. The quantitative estimate of drug-likeness (QED) is 0.819. The van der Waals surface area contributed by atoms with Gasteiger partial charge in [0.15, 0.2) is 0 Å². The fourth-order valence-electron chi connectivity index (χ4n) is 2.82. The van der Waals surface area contributed by atoms with E-state index in [4.69, 9.17) is 4.74 Å². The topological polar surface area (TPSA) is 87.7 Å². The molecule has 9 heteroatoms. The summed E-state index contributed by atoms with van der Waals surface area (Å²) in [6.07, 6.45) is 0.101. The highest BCUT2D eigenvalue weighted by Crippen LogP contribution is 2.30. The minimum atomic E-state index is -3.24. The summed E-state index contributed by atoms with van der Waals surface area (Å²) in [7, 11) is -3.24. The van der Waals surface area contributed by atoms with Crippen LogP contribution in [0.15, 0.2) is 18.2 Å². The van der Waals surface area contributed by atoms with E-state index in [0.29, 0.717) is 37.5 Å². The van der Waals surface area contributed by atoms with Gasteiger partial charge in [0, 0.05) is 25.3 Å². The summed E-state index contributed by atoms with van der Waals surface area (Å²) in [4.78, 5) is 12.2. The normalized spacial score (nSPS) is 22.7. The third kappa shape index (κ3) is 4.00. The zero-order valence-corrected chi connectivity index (χ0v) is 15.1. The van der Waals surface area contributed by atoms with E-state index in [1.807, 2.05) is 13.0 Å². The van der Waals surface area contributed by atoms with E-state index < -0.39 is 16.1 Å². The summed E-state index contributed by atoms with van der Waals surface area (Å²) in [6, 6.07) is 5.31. The monoisotopic (exact) mass is 375 g/mol. The second-order valence-corrected chi connectivity index (χ2v) is 7.81. The molecule has 0 saturated carbocycles. The van der Waals surface area contributed by atoms with Gasteiger partial charge in [0.25, 0.3) is 5.91 Å². The van der Waals surface area contributed by atoms with E-state index >= 15 is 0 Å². The number of carbonyl (C=O) groups excluding carboxylic acids is 1. The van der Waals surface area contributed by atoms with Crippen molar-refractivity contribution in [3.63, 3.8) is 0 Å². The number of sulfonamides is 1. The fourth-order valence-corrected chi connectivity index (χ4v) is 4.44. The van der Waals surface area contributed by atoms with Crippen LogP contribution < -0.4 is 14.9 Å². The molecule has 1 atom stereocenters. The van der Waals surface area contributed by atoms with Crippen molar-refractivity contribution in [1.82, 2.24) is 5.32 Å². The zero-order valence-electron chi connectivity index (χ0n) is 13.4. The Hall–Kier alpha value is -1.35. The molecule has 1 aromatic carbocycles. The van der Waals surface area contributed by atoms with E-state index in [1.54, 1.807) is 12.1 Å². The molecule has 1 amide bonds. The summed E-state index contributed by atoms with van der Waals surface area (Å²) in [5.74, 6) is -0.0544. The summed E-state index contributed by atoms with van der Waals surface area (Å²) >= 11 is 0. The SMILES string of the molecule is Cc1ccc(NC(=O)C2CNCCO2)cc1N1CCCS1(=O)=O.Cl. The van der Waals surface area contributed by atoms with Crippen molar-refractivity contribution in [3.05, 3.63) is 23.8 Å². The van der Waals surface area contributed by atoms with Crippen molar-refractivity contribution >= 4 is 39.7 Å². The molecule has 2 heterocycles. The van der Waals surface area contributed by atoms with Gasteiger partial charge in [0.1, 0.15) is 6.10 Å². The first-order valence-electron chi connectivity index (χ1n) is 7.71. The van der Waals surface area contributed by atoms with E-state index in [-0.39, 0.29) is 24.1 Å². The van der Waals surface area contributed by atoms with Crippen LogP contribution in [-0.2, 0) is 19.6 Å². The first-order chi connectivity index (χ1) is 11.0. The van der Waals surface area contributed by atoms with Gasteiger partial charge in [-0.25, -0.2) is 8.42 Å². The zero-order chi connectivity index (χ0) is 16.4. The summed E-state index contributed by atoms with van der Waals surface area (Å²) in [6.45, 7) is 4.07. The van der Waals surface area contributed by atoms with Gasteiger partial charge in [-0.2, -0.15) is 0 Å². The lowest BCUT2D eigenvalue weighted by Crippen LogP contribution is -2.45. The number of morpholine rings is 1. The smallest absolute Gasteiger partial charge is 0.254 e. The van der Waals surface area contributed by atoms with Crippen molar-refractivity contribution in [1.29, 1.82) is 0 Å². The number of rotatable bonds is 3. The Kier molecular flexibility index (Phi) is 6.08. The average molecular weight is 376 g/mol. The largest absolute Gasteiger partial charge is 0.366 e. The Balaban J connectivity index is 0.00000208. The maximum atomic E-state index is 12.2. The van der Waals surface area contributed by atoms with Crippen LogP contribution in [0, 0.1) is 6.92 Å². The molecular weight excluding hydrogens is 354 g/mol. The van der Waals surface area contributed by atoms with Crippen LogP contribution in [0.5, 0.6) is 0 Å². The number of amides is 1. The number of hydrogen-bond donors (Lipinski definition) is 2. The Morgan fingerprint density at radius 2 is 2.21 bits per heavy atom. The number of ether oxygens (including phenoxy) is 1. The van der Waals surface area contributed by atoms with Gasteiger partial charge in [-0.15, -0.1) is 12.4 Å². The van der Waals surface area contributed by atoms with Crippen molar-refractivity contribution in [2.45, 2.75) is 19.4 Å². The molecule has 0 aromatic heterocycles. The molecule has 2 N–H and O–H groups in total. The van der Waals surface area contributed by atoms with Crippen LogP contribution in [-0.4, -0.2) is 52.4 Å². The highest BCUT2D eigenvalue weighted by molar-refractivity contribution is 7.93. The molecular formula is C15H22ClN3O4S. The van der Waals surface area contributed by atoms with Gasteiger partial charge in [0.2, 0.25) is 10.0 Å². The third-order valence-electron chi connectivity index (χ3n) is 4.06. The molecule has 2 aliphatic heterocycles. The van der Waals surface area contributed by atoms with Crippen LogP contribution in [0.1, 0.15) is 12.0 Å². The van der Waals surface area contributed by atoms with Gasteiger partial charge in [-0.05, 0) is 31.0 Å². The van der Waals surface area contributed by atoms with Crippen molar-refractivity contribution in [2.24, 2.45) is 0 Å².